The first-order chi connectivity index (χ1) is 12.6. The van der Waals surface area contributed by atoms with Gasteiger partial charge in [0.15, 0.2) is 15.4 Å². The summed E-state index contributed by atoms with van der Waals surface area (Å²) < 4.78 is 29.4. The number of benzene rings is 2. The summed E-state index contributed by atoms with van der Waals surface area (Å²) >= 11 is 1.74. The van der Waals surface area contributed by atoms with Crippen molar-refractivity contribution in [1.82, 2.24) is 0 Å². The lowest BCUT2D eigenvalue weighted by Crippen LogP contribution is -2.29. The molecule has 142 valence electrons. The first kappa shape index (κ1) is 19.7. The predicted molar refractivity (Wildman–Crippen MR) is 109 cm³/mol. The van der Waals surface area contributed by atoms with Gasteiger partial charge in [0, 0.05) is 16.7 Å². The van der Waals surface area contributed by atoms with Crippen molar-refractivity contribution in [1.29, 1.82) is 0 Å². The van der Waals surface area contributed by atoms with E-state index in [1.807, 2.05) is 24.3 Å². The number of ketones is 1. The van der Waals surface area contributed by atoms with E-state index in [0.717, 1.165) is 16.2 Å². The molecule has 1 heterocycles. The maximum Gasteiger partial charge on any atom is 0.210 e. The van der Waals surface area contributed by atoms with Crippen LogP contribution in [-0.2, 0) is 19.4 Å². The number of hydrogen-bond donors (Lipinski definition) is 0. The number of Topliss-reactive ketones (excluding diaryl/α,β-unsaturated/α-hetero) is 1. The Balaban J connectivity index is 2.09. The third kappa shape index (κ3) is 3.96. The van der Waals surface area contributed by atoms with E-state index < -0.39 is 15.4 Å². The van der Waals surface area contributed by atoms with Crippen molar-refractivity contribution in [3.63, 3.8) is 0 Å². The maximum atomic E-state index is 13.0. The molecule has 0 unspecified atom stereocenters. The molecule has 0 aliphatic carbocycles. The Labute approximate surface area is 164 Å². The van der Waals surface area contributed by atoms with Gasteiger partial charge in [-0.15, -0.1) is 11.8 Å². The number of carbonyl (C=O) groups excluding carboxylic acids is 1. The van der Waals surface area contributed by atoms with Crippen molar-refractivity contribution >= 4 is 38.7 Å². The zero-order chi connectivity index (χ0) is 19.8. The van der Waals surface area contributed by atoms with Crippen molar-refractivity contribution in [2.45, 2.75) is 36.2 Å². The van der Waals surface area contributed by atoms with Crippen molar-refractivity contribution in [3.8, 4) is 0 Å². The van der Waals surface area contributed by atoms with Crippen molar-refractivity contribution < 1.29 is 17.9 Å². The number of rotatable bonds is 5. The number of carbonyl (C=O) groups is 1. The zero-order valence-electron chi connectivity index (χ0n) is 15.8. The molecule has 0 saturated heterocycles. The summed E-state index contributed by atoms with van der Waals surface area (Å²) in [6.07, 6.45) is 1.17. The SMILES string of the molecule is CCSc1ccc(C2=C(c3ccc(S(C)(=O)=O)cc3)OC(C)(C)C2=O)cc1. The molecule has 1 aliphatic rings. The fourth-order valence-electron chi connectivity index (χ4n) is 2.96. The van der Waals surface area contributed by atoms with E-state index in [2.05, 4.69) is 6.92 Å². The molecule has 0 N–H and O–H groups in total. The Hall–Kier alpha value is -2.05. The average molecular weight is 403 g/mol. The van der Waals surface area contributed by atoms with Crippen LogP contribution in [0.4, 0.5) is 0 Å². The Morgan fingerprint density at radius 2 is 1.52 bits per heavy atom. The lowest BCUT2D eigenvalue weighted by molar-refractivity contribution is -0.125. The fourth-order valence-corrected chi connectivity index (χ4v) is 4.25. The molecule has 3 rings (SSSR count). The van der Waals surface area contributed by atoms with Gasteiger partial charge in [-0.1, -0.05) is 19.1 Å². The predicted octanol–water partition coefficient (Wildman–Crippen LogP) is 4.45. The van der Waals surface area contributed by atoms with Crippen molar-refractivity contribution in [2.24, 2.45) is 0 Å². The normalized spacial score (nSPS) is 16.5. The van der Waals surface area contributed by atoms with E-state index >= 15 is 0 Å². The minimum Gasteiger partial charge on any atom is -0.478 e. The Morgan fingerprint density at radius 1 is 0.963 bits per heavy atom. The molecule has 0 amide bonds. The highest BCUT2D eigenvalue weighted by Crippen LogP contribution is 2.41. The van der Waals surface area contributed by atoms with Gasteiger partial charge in [0.05, 0.1) is 10.5 Å². The van der Waals surface area contributed by atoms with Crippen LogP contribution in [-0.4, -0.2) is 31.8 Å². The first-order valence-electron chi connectivity index (χ1n) is 8.65. The Morgan fingerprint density at radius 3 is 2.04 bits per heavy atom. The molecule has 0 bridgehead atoms. The van der Waals surface area contributed by atoms with Crippen LogP contribution in [0.15, 0.2) is 58.3 Å². The molecule has 0 aromatic heterocycles. The second-order valence-electron chi connectivity index (χ2n) is 6.90. The molecule has 2 aromatic rings. The van der Waals surface area contributed by atoms with Gasteiger partial charge in [0.2, 0.25) is 5.78 Å². The van der Waals surface area contributed by atoms with Crippen LogP contribution in [0, 0.1) is 0 Å². The molecule has 1 aliphatic heterocycles. The molecule has 0 spiro atoms. The molecule has 4 nitrogen and oxygen atoms in total. The Kier molecular flexibility index (Phi) is 5.23. The van der Waals surface area contributed by atoms with E-state index in [9.17, 15) is 13.2 Å². The summed E-state index contributed by atoms with van der Waals surface area (Å²) in [5, 5.41) is 0. The fraction of sp³-hybridized carbons (Fsp3) is 0.286. The minimum atomic E-state index is -3.28. The second kappa shape index (κ2) is 7.17. The Bertz CT molecular complexity index is 999. The second-order valence-corrected chi connectivity index (χ2v) is 10.3. The topological polar surface area (TPSA) is 60.4 Å². The number of sulfone groups is 1. The first-order valence-corrected chi connectivity index (χ1v) is 11.5. The van der Waals surface area contributed by atoms with Crippen LogP contribution in [0.5, 0.6) is 0 Å². The van der Waals surface area contributed by atoms with Crippen LogP contribution in [0.25, 0.3) is 11.3 Å². The molecule has 27 heavy (non-hydrogen) atoms. The number of hydrogen-bond acceptors (Lipinski definition) is 5. The van der Waals surface area contributed by atoms with Crippen molar-refractivity contribution in [2.75, 3.05) is 12.0 Å². The average Bonchev–Trinajstić information content (AvgIpc) is 2.85. The zero-order valence-corrected chi connectivity index (χ0v) is 17.4. The quantitative estimate of drug-likeness (QED) is 0.692. The van der Waals surface area contributed by atoms with Crippen LogP contribution in [0.2, 0.25) is 0 Å². The third-order valence-electron chi connectivity index (χ3n) is 4.36. The van der Waals surface area contributed by atoms with E-state index in [-0.39, 0.29) is 10.7 Å². The molecular formula is C21H22O4S2. The van der Waals surface area contributed by atoms with Gasteiger partial charge in [0.1, 0.15) is 5.76 Å². The van der Waals surface area contributed by atoms with Gasteiger partial charge in [-0.2, -0.15) is 0 Å². The molecule has 0 atom stereocenters. The van der Waals surface area contributed by atoms with E-state index in [0.29, 0.717) is 16.9 Å². The third-order valence-corrected chi connectivity index (χ3v) is 6.38. The smallest absolute Gasteiger partial charge is 0.210 e. The van der Waals surface area contributed by atoms with E-state index in [1.165, 1.54) is 18.4 Å². The van der Waals surface area contributed by atoms with Crippen LogP contribution in [0.1, 0.15) is 31.9 Å². The molecule has 6 heteroatoms. The monoisotopic (exact) mass is 402 g/mol. The maximum absolute atomic E-state index is 13.0. The largest absolute Gasteiger partial charge is 0.478 e. The summed E-state index contributed by atoms with van der Waals surface area (Å²) in [5.41, 5.74) is 1.05. The van der Waals surface area contributed by atoms with Gasteiger partial charge in [-0.3, -0.25) is 4.79 Å². The van der Waals surface area contributed by atoms with Crippen LogP contribution < -0.4 is 0 Å². The lowest BCUT2D eigenvalue weighted by Gasteiger charge is -2.17. The van der Waals surface area contributed by atoms with Crippen molar-refractivity contribution in [3.05, 3.63) is 59.7 Å². The molecule has 2 aromatic carbocycles. The van der Waals surface area contributed by atoms with Gasteiger partial charge in [-0.05, 0) is 61.6 Å². The van der Waals surface area contributed by atoms with Gasteiger partial charge in [0.25, 0.3) is 0 Å². The summed E-state index contributed by atoms with van der Waals surface area (Å²) in [4.78, 5) is 14.3. The van der Waals surface area contributed by atoms with Crippen LogP contribution in [0.3, 0.4) is 0 Å². The standard InChI is InChI=1S/C21H22O4S2/c1-5-26-16-10-6-14(7-11-16)18-19(25-21(2,3)20(18)22)15-8-12-17(13-9-15)27(4,23)24/h6-13H,5H2,1-4H3. The molecule has 0 saturated carbocycles. The lowest BCUT2D eigenvalue weighted by atomic mass is 9.93. The molecule has 0 radical (unpaired) electrons. The summed E-state index contributed by atoms with van der Waals surface area (Å²) in [7, 11) is -3.28. The highest BCUT2D eigenvalue weighted by Gasteiger charge is 2.42. The number of ether oxygens (including phenoxy) is 1. The minimum absolute atomic E-state index is 0.0828. The molecular weight excluding hydrogens is 380 g/mol. The molecule has 0 fully saturated rings. The highest BCUT2D eigenvalue weighted by atomic mass is 32.2. The van der Waals surface area contributed by atoms with Gasteiger partial charge < -0.3 is 4.74 Å². The van der Waals surface area contributed by atoms with E-state index in [1.54, 1.807) is 37.7 Å². The number of thioether (sulfide) groups is 1. The highest BCUT2D eigenvalue weighted by molar-refractivity contribution is 7.99. The van der Waals surface area contributed by atoms with Gasteiger partial charge in [-0.25, -0.2) is 8.42 Å². The van der Waals surface area contributed by atoms with Gasteiger partial charge >= 0.3 is 0 Å². The summed E-state index contributed by atoms with van der Waals surface area (Å²) in [5.74, 6) is 1.39. The van der Waals surface area contributed by atoms with Crippen LogP contribution >= 0.6 is 11.8 Å². The van der Waals surface area contributed by atoms with E-state index in [4.69, 9.17) is 4.74 Å². The summed E-state index contributed by atoms with van der Waals surface area (Å²) in [6.45, 7) is 5.58. The summed E-state index contributed by atoms with van der Waals surface area (Å²) in [6, 6.07) is 14.3.